The lowest BCUT2D eigenvalue weighted by Gasteiger charge is -2.34. The highest BCUT2D eigenvalue weighted by atomic mass is 35.5. The monoisotopic (exact) mass is 328 g/mol. The van der Waals surface area contributed by atoms with E-state index in [9.17, 15) is 4.79 Å². The summed E-state index contributed by atoms with van der Waals surface area (Å²) in [7, 11) is 0. The van der Waals surface area contributed by atoms with Crippen molar-refractivity contribution in [2.45, 2.75) is 32.2 Å². The van der Waals surface area contributed by atoms with E-state index in [-0.39, 0.29) is 5.78 Å². The van der Waals surface area contributed by atoms with E-state index in [1.807, 2.05) is 0 Å². The molecule has 0 radical (unpaired) electrons. The molecular formula is C16H22Cl2N2O. The van der Waals surface area contributed by atoms with E-state index >= 15 is 0 Å². The predicted octanol–water partition coefficient (Wildman–Crippen LogP) is 3.64. The second kappa shape index (κ2) is 8.14. The molecule has 1 aromatic rings. The van der Waals surface area contributed by atoms with Crippen LogP contribution < -0.4 is 5.32 Å². The highest BCUT2D eigenvalue weighted by molar-refractivity contribution is 6.36. The van der Waals surface area contributed by atoms with Crippen LogP contribution >= 0.6 is 23.2 Å². The summed E-state index contributed by atoms with van der Waals surface area (Å²) >= 11 is 12.0. The van der Waals surface area contributed by atoms with Gasteiger partial charge in [-0.05, 0) is 57.1 Å². The minimum atomic E-state index is 0.0728. The van der Waals surface area contributed by atoms with Crippen molar-refractivity contribution < 1.29 is 4.79 Å². The molecule has 5 heteroatoms. The van der Waals surface area contributed by atoms with E-state index in [0.29, 0.717) is 28.2 Å². The largest absolute Gasteiger partial charge is 0.317 e. The highest BCUT2D eigenvalue weighted by Crippen LogP contribution is 2.22. The lowest BCUT2D eigenvalue weighted by molar-refractivity contribution is 0.0865. The third kappa shape index (κ3) is 4.68. The van der Waals surface area contributed by atoms with Crippen LogP contribution in [0.3, 0.4) is 0 Å². The van der Waals surface area contributed by atoms with Gasteiger partial charge in [0.05, 0.1) is 11.6 Å². The maximum atomic E-state index is 12.5. The lowest BCUT2D eigenvalue weighted by Crippen LogP contribution is -2.45. The number of benzene rings is 1. The van der Waals surface area contributed by atoms with Crippen LogP contribution in [-0.4, -0.2) is 42.9 Å². The number of carbonyl (C=O) groups is 1. The number of hydrogen-bond donors (Lipinski definition) is 1. The summed E-state index contributed by atoms with van der Waals surface area (Å²) < 4.78 is 0. The molecule has 0 bridgehead atoms. The minimum absolute atomic E-state index is 0.0728. The Morgan fingerprint density at radius 2 is 2.05 bits per heavy atom. The van der Waals surface area contributed by atoms with Crippen molar-refractivity contribution in [3.8, 4) is 0 Å². The van der Waals surface area contributed by atoms with Crippen LogP contribution in [0.4, 0.5) is 0 Å². The molecule has 1 aromatic carbocycles. The number of piperidine rings is 1. The fourth-order valence-electron chi connectivity index (χ4n) is 2.84. The number of halogens is 2. The van der Waals surface area contributed by atoms with Crippen molar-refractivity contribution in [2.75, 3.05) is 26.2 Å². The Morgan fingerprint density at radius 3 is 2.67 bits per heavy atom. The SMILES string of the molecule is CCCN(CC(=O)c1ccc(Cl)cc1Cl)C1CCNCC1. The van der Waals surface area contributed by atoms with Gasteiger partial charge in [-0.15, -0.1) is 0 Å². The van der Waals surface area contributed by atoms with Crippen LogP contribution in [0.25, 0.3) is 0 Å². The van der Waals surface area contributed by atoms with E-state index in [2.05, 4.69) is 17.1 Å². The molecule has 0 aromatic heterocycles. The second-order valence-electron chi connectivity index (χ2n) is 5.50. The minimum Gasteiger partial charge on any atom is -0.317 e. The molecule has 1 heterocycles. The van der Waals surface area contributed by atoms with E-state index in [1.165, 1.54) is 0 Å². The first-order valence-corrected chi connectivity index (χ1v) is 8.30. The fourth-order valence-corrected chi connectivity index (χ4v) is 3.35. The molecule has 21 heavy (non-hydrogen) atoms. The Morgan fingerprint density at radius 1 is 1.33 bits per heavy atom. The molecule has 1 saturated heterocycles. The smallest absolute Gasteiger partial charge is 0.178 e. The molecule has 0 spiro atoms. The molecule has 1 N–H and O–H groups in total. The summed E-state index contributed by atoms with van der Waals surface area (Å²) in [5.41, 5.74) is 0.566. The average Bonchev–Trinajstić information content (AvgIpc) is 2.47. The third-order valence-electron chi connectivity index (χ3n) is 3.91. The molecule has 0 unspecified atom stereocenters. The van der Waals surface area contributed by atoms with Gasteiger partial charge in [0.1, 0.15) is 0 Å². The second-order valence-corrected chi connectivity index (χ2v) is 6.34. The van der Waals surface area contributed by atoms with Gasteiger partial charge < -0.3 is 5.32 Å². The Bertz CT molecular complexity index is 487. The molecule has 3 nitrogen and oxygen atoms in total. The molecule has 0 amide bonds. The zero-order valence-corrected chi connectivity index (χ0v) is 13.9. The predicted molar refractivity (Wildman–Crippen MR) is 88.5 cm³/mol. The van der Waals surface area contributed by atoms with Crippen LogP contribution in [0.1, 0.15) is 36.5 Å². The summed E-state index contributed by atoms with van der Waals surface area (Å²) in [6, 6.07) is 5.56. The number of Topliss-reactive ketones (excluding diaryl/α,β-unsaturated/α-hetero) is 1. The first-order chi connectivity index (χ1) is 10.1. The molecule has 0 saturated carbocycles. The van der Waals surface area contributed by atoms with Crippen molar-refractivity contribution in [2.24, 2.45) is 0 Å². The highest BCUT2D eigenvalue weighted by Gasteiger charge is 2.23. The van der Waals surface area contributed by atoms with Gasteiger partial charge in [0.2, 0.25) is 0 Å². The van der Waals surface area contributed by atoms with Crippen molar-refractivity contribution in [3.63, 3.8) is 0 Å². The molecule has 2 rings (SSSR count). The molecule has 116 valence electrons. The van der Waals surface area contributed by atoms with Crippen molar-refractivity contribution in [3.05, 3.63) is 33.8 Å². The van der Waals surface area contributed by atoms with Gasteiger partial charge >= 0.3 is 0 Å². The maximum absolute atomic E-state index is 12.5. The van der Waals surface area contributed by atoms with Gasteiger partial charge in [-0.1, -0.05) is 30.1 Å². The molecule has 1 aliphatic heterocycles. The Hall–Kier alpha value is -0.610. The first kappa shape index (κ1) is 16.8. The fraction of sp³-hybridized carbons (Fsp3) is 0.562. The standard InChI is InChI=1S/C16H22Cl2N2O/c1-2-9-20(13-5-7-19-8-6-13)11-16(21)14-4-3-12(17)10-15(14)18/h3-4,10,13,19H,2,5-9,11H2,1H3. The van der Waals surface area contributed by atoms with Crippen molar-refractivity contribution >= 4 is 29.0 Å². The van der Waals surface area contributed by atoms with E-state index in [0.717, 1.165) is 38.9 Å². The number of carbonyl (C=O) groups excluding carboxylic acids is 1. The topological polar surface area (TPSA) is 32.3 Å². The Balaban J connectivity index is 2.06. The summed E-state index contributed by atoms with van der Waals surface area (Å²) in [6.45, 7) is 5.58. The zero-order chi connectivity index (χ0) is 15.2. The number of rotatable bonds is 6. The third-order valence-corrected chi connectivity index (χ3v) is 4.46. The molecule has 1 fully saturated rings. The quantitative estimate of drug-likeness (QED) is 0.809. The van der Waals surface area contributed by atoms with Gasteiger partial charge in [0.15, 0.2) is 5.78 Å². The maximum Gasteiger partial charge on any atom is 0.178 e. The lowest BCUT2D eigenvalue weighted by atomic mass is 10.0. The Kier molecular flexibility index (Phi) is 6.49. The van der Waals surface area contributed by atoms with Crippen LogP contribution in [-0.2, 0) is 0 Å². The van der Waals surface area contributed by atoms with Gasteiger partial charge in [-0.3, -0.25) is 9.69 Å². The van der Waals surface area contributed by atoms with Crippen molar-refractivity contribution in [1.29, 1.82) is 0 Å². The van der Waals surface area contributed by atoms with Gasteiger partial charge in [-0.2, -0.15) is 0 Å². The van der Waals surface area contributed by atoms with Crippen molar-refractivity contribution in [1.82, 2.24) is 10.2 Å². The van der Waals surface area contributed by atoms with E-state index in [1.54, 1.807) is 18.2 Å². The summed E-state index contributed by atoms with van der Waals surface area (Å²) in [5, 5.41) is 4.36. The number of nitrogens with zero attached hydrogens (tertiary/aromatic N) is 1. The van der Waals surface area contributed by atoms with Crippen LogP contribution in [0, 0.1) is 0 Å². The first-order valence-electron chi connectivity index (χ1n) is 7.55. The molecule has 0 aliphatic carbocycles. The molecular weight excluding hydrogens is 307 g/mol. The van der Waals surface area contributed by atoms with E-state index in [4.69, 9.17) is 23.2 Å². The zero-order valence-electron chi connectivity index (χ0n) is 12.4. The summed E-state index contributed by atoms with van der Waals surface area (Å²) in [5.74, 6) is 0.0728. The average molecular weight is 329 g/mol. The summed E-state index contributed by atoms with van der Waals surface area (Å²) in [4.78, 5) is 14.8. The number of ketones is 1. The summed E-state index contributed by atoms with van der Waals surface area (Å²) in [6.07, 6.45) is 3.24. The molecule has 1 aliphatic rings. The van der Waals surface area contributed by atoms with Gasteiger partial charge in [-0.25, -0.2) is 0 Å². The van der Waals surface area contributed by atoms with Crippen LogP contribution in [0.2, 0.25) is 10.0 Å². The van der Waals surface area contributed by atoms with Crippen LogP contribution in [0.5, 0.6) is 0 Å². The molecule has 0 atom stereocenters. The normalized spacial score (nSPS) is 16.4. The number of hydrogen-bond acceptors (Lipinski definition) is 3. The van der Waals surface area contributed by atoms with Gasteiger partial charge in [0.25, 0.3) is 0 Å². The Labute approximate surface area is 136 Å². The van der Waals surface area contributed by atoms with E-state index < -0.39 is 0 Å². The number of nitrogens with one attached hydrogen (secondary N) is 1. The van der Waals surface area contributed by atoms with Gasteiger partial charge in [0, 0.05) is 16.6 Å². The van der Waals surface area contributed by atoms with Crippen LogP contribution in [0.15, 0.2) is 18.2 Å².